The van der Waals surface area contributed by atoms with E-state index in [1.54, 1.807) is 12.3 Å². The van der Waals surface area contributed by atoms with E-state index in [0.717, 1.165) is 12.8 Å². The average molecular weight is 310 g/mol. The molecule has 1 saturated carbocycles. The van der Waals surface area contributed by atoms with Crippen molar-refractivity contribution >= 4 is 11.9 Å². The van der Waals surface area contributed by atoms with Crippen molar-refractivity contribution < 1.29 is 4.79 Å². The van der Waals surface area contributed by atoms with Gasteiger partial charge in [-0.1, -0.05) is 30.3 Å². The maximum atomic E-state index is 12.2. The third-order valence-corrected chi connectivity index (χ3v) is 3.86. The summed E-state index contributed by atoms with van der Waals surface area (Å²) in [6, 6.07) is 12.4. The third-order valence-electron chi connectivity index (χ3n) is 3.86. The molecule has 23 heavy (non-hydrogen) atoms. The first-order valence-electron chi connectivity index (χ1n) is 8.08. The molecule has 2 aromatic rings. The number of anilines is 1. The Bertz CT molecular complexity index is 668. The Hall–Kier alpha value is -2.43. The second-order valence-corrected chi connectivity index (χ2v) is 6.20. The van der Waals surface area contributed by atoms with Crippen LogP contribution in [-0.4, -0.2) is 28.0 Å². The fourth-order valence-electron chi connectivity index (χ4n) is 2.36. The molecule has 1 fully saturated rings. The van der Waals surface area contributed by atoms with Crippen LogP contribution in [0.2, 0.25) is 0 Å². The molecule has 0 bridgehead atoms. The largest absolute Gasteiger partial charge is 0.348 e. The number of benzene rings is 1. The Balaban J connectivity index is 1.80. The molecule has 0 spiro atoms. The normalized spacial score (nSPS) is 13.9. The van der Waals surface area contributed by atoms with Crippen LogP contribution in [0.1, 0.15) is 42.7 Å². The number of carbonyl (C=O) groups is 1. The van der Waals surface area contributed by atoms with Crippen LogP contribution in [0.15, 0.2) is 42.6 Å². The van der Waals surface area contributed by atoms with Gasteiger partial charge in [0.25, 0.3) is 5.91 Å². The fraction of sp³-hybridized carbons (Fsp3) is 0.389. The molecule has 5 heteroatoms. The highest BCUT2D eigenvalue weighted by molar-refractivity contribution is 5.92. The molecule has 120 valence electrons. The number of aromatic nitrogens is 2. The van der Waals surface area contributed by atoms with Gasteiger partial charge in [0.15, 0.2) is 0 Å². The quantitative estimate of drug-likeness (QED) is 0.891. The summed E-state index contributed by atoms with van der Waals surface area (Å²) in [6.45, 7) is 4.92. The van der Waals surface area contributed by atoms with Crippen molar-refractivity contribution in [3.05, 3.63) is 53.9 Å². The van der Waals surface area contributed by atoms with Gasteiger partial charge in [0, 0.05) is 24.8 Å². The predicted molar refractivity (Wildman–Crippen MR) is 90.3 cm³/mol. The molecule has 0 aliphatic heterocycles. The number of hydrogen-bond donors (Lipinski definition) is 1. The summed E-state index contributed by atoms with van der Waals surface area (Å²) < 4.78 is 0. The van der Waals surface area contributed by atoms with E-state index in [4.69, 9.17) is 0 Å². The van der Waals surface area contributed by atoms with Crippen molar-refractivity contribution in [2.24, 2.45) is 0 Å². The van der Waals surface area contributed by atoms with Crippen LogP contribution in [-0.2, 0) is 6.54 Å². The van der Waals surface area contributed by atoms with Gasteiger partial charge in [0.2, 0.25) is 5.95 Å². The van der Waals surface area contributed by atoms with Crippen LogP contribution >= 0.6 is 0 Å². The fourth-order valence-corrected chi connectivity index (χ4v) is 2.36. The summed E-state index contributed by atoms with van der Waals surface area (Å²) in [5.74, 6) is 0.479. The average Bonchev–Trinajstić information content (AvgIpc) is 3.37. The zero-order valence-corrected chi connectivity index (χ0v) is 13.6. The van der Waals surface area contributed by atoms with Crippen LogP contribution in [0.25, 0.3) is 0 Å². The van der Waals surface area contributed by atoms with Gasteiger partial charge in [-0.2, -0.15) is 0 Å². The minimum Gasteiger partial charge on any atom is -0.348 e. The number of nitrogens with one attached hydrogen (secondary N) is 1. The first-order valence-corrected chi connectivity index (χ1v) is 8.08. The number of rotatable bonds is 6. The Morgan fingerprint density at radius 1 is 1.26 bits per heavy atom. The van der Waals surface area contributed by atoms with Crippen molar-refractivity contribution in [2.75, 3.05) is 4.90 Å². The highest BCUT2D eigenvalue weighted by atomic mass is 16.2. The second-order valence-electron chi connectivity index (χ2n) is 6.20. The van der Waals surface area contributed by atoms with E-state index in [0.29, 0.717) is 24.2 Å². The van der Waals surface area contributed by atoms with E-state index in [1.165, 1.54) is 5.56 Å². The monoisotopic (exact) mass is 310 g/mol. The number of hydrogen-bond acceptors (Lipinski definition) is 4. The van der Waals surface area contributed by atoms with Crippen LogP contribution in [0, 0.1) is 0 Å². The Morgan fingerprint density at radius 3 is 2.65 bits per heavy atom. The first kappa shape index (κ1) is 15.5. The lowest BCUT2D eigenvalue weighted by atomic mass is 10.2. The molecule has 5 nitrogen and oxygen atoms in total. The van der Waals surface area contributed by atoms with Crippen molar-refractivity contribution in [3.63, 3.8) is 0 Å². The molecular formula is C18H22N4O. The standard InChI is InChI=1S/C18H22N4O/c1-13(2)22(12-14-6-4-3-5-7-14)18-19-11-10-16(21-18)17(23)20-15-8-9-15/h3-7,10-11,13,15H,8-9,12H2,1-2H3,(H,20,23). The van der Waals surface area contributed by atoms with Crippen LogP contribution < -0.4 is 10.2 Å². The van der Waals surface area contributed by atoms with Crippen molar-refractivity contribution in [1.82, 2.24) is 15.3 Å². The summed E-state index contributed by atoms with van der Waals surface area (Å²) in [4.78, 5) is 23.1. The molecule has 0 atom stereocenters. The highest BCUT2D eigenvalue weighted by Crippen LogP contribution is 2.20. The van der Waals surface area contributed by atoms with Crippen LogP contribution in [0.4, 0.5) is 5.95 Å². The molecule has 0 radical (unpaired) electrons. The van der Waals surface area contributed by atoms with E-state index in [2.05, 4.69) is 46.2 Å². The molecule has 1 heterocycles. The molecule has 3 rings (SSSR count). The number of nitrogens with zero attached hydrogens (tertiary/aromatic N) is 3. The molecule has 1 N–H and O–H groups in total. The van der Waals surface area contributed by atoms with Gasteiger partial charge in [0.05, 0.1) is 0 Å². The van der Waals surface area contributed by atoms with Gasteiger partial charge in [-0.05, 0) is 38.3 Å². The summed E-state index contributed by atoms with van der Waals surface area (Å²) in [6.07, 6.45) is 3.79. The number of amides is 1. The molecule has 1 aliphatic rings. The van der Waals surface area contributed by atoms with Gasteiger partial charge >= 0.3 is 0 Å². The van der Waals surface area contributed by atoms with Crippen molar-refractivity contribution in [3.8, 4) is 0 Å². The summed E-state index contributed by atoms with van der Waals surface area (Å²) in [7, 11) is 0. The van der Waals surface area contributed by atoms with E-state index >= 15 is 0 Å². The summed E-state index contributed by atoms with van der Waals surface area (Å²) >= 11 is 0. The third kappa shape index (κ3) is 4.06. The van der Waals surface area contributed by atoms with Gasteiger partial charge in [-0.25, -0.2) is 9.97 Å². The Labute approximate surface area is 136 Å². The lowest BCUT2D eigenvalue weighted by Crippen LogP contribution is -2.33. The van der Waals surface area contributed by atoms with Gasteiger partial charge in [-0.15, -0.1) is 0 Å². The zero-order valence-electron chi connectivity index (χ0n) is 13.6. The molecule has 0 saturated heterocycles. The van der Waals surface area contributed by atoms with E-state index in [-0.39, 0.29) is 11.9 Å². The molecular weight excluding hydrogens is 288 g/mol. The highest BCUT2D eigenvalue weighted by Gasteiger charge is 2.25. The van der Waals surface area contributed by atoms with Crippen LogP contribution in [0.3, 0.4) is 0 Å². The Morgan fingerprint density at radius 2 is 2.00 bits per heavy atom. The van der Waals surface area contributed by atoms with Gasteiger partial charge in [-0.3, -0.25) is 4.79 Å². The molecule has 1 aromatic carbocycles. The molecule has 1 amide bonds. The van der Waals surface area contributed by atoms with Gasteiger partial charge in [0.1, 0.15) is 5.69 Å². The topological polar surface area (TPSA) is 58.1 Å². The SMILES string of the molecule is CC(C)N(Cc1ccccc1)c1nccc(C(=O)NC2CC2)n1. The summed E-state index contributed by atoms with van der Waals surface area (Å²) in [5, 5.41) is 2.97. The minimum atomic E-state index is -0.112. The van der Waals surface area contributed by atoms with Gasteiger partial charge < -0.3 is 10.2 Å². The lowest BCUT2D eigenvalue weighted by Gasteiger charge is -2.27. The number of carbonyl (C=O) groups excluding carboxylic acids is 1. The van der Waals surface area contributed by atoms with Crippen molar-refractivity contribution in [1.29, 1.82) is 0 Å². The van der Waals surface area contributed by atoms with E-state index < -0.39 is 0 Å². The molecule has 1 aliphatic carbocycles. The maximum absolute atomic E-state index is 12.2. The Kier molecular flexibility index (Phi) is 4.55. The first-order chi connectivity index (χ1) is 11.1. The molecule has 1 aromatic heterocycles. The van der Waals surface area contributed by atoms with E-state index in [9.17, 15) is 4.79 Å². The van der Waals surface area contributed by atoms with E-state index in [1.807, 2.05) is 18.2 Å². The summed E-state index contributed by atoms with van der Waals surface area (Å²) in [5.41, 5.74) is 1.62. The second kappa shape index (κ2) is 6.77. The minimum absolute atomic E-state index is 0.112. The van der Waals surface area contributed by atoms with Crippen molar-refractivity contribution in [2.45, 2.75) is 45.3 Å². The zero-order chi connectivity index (χ0) is 16.2. The maximum Gasteiger partial charge on any atom is 0.270 e. The van der Waals surface area contributed by atoms with Crippen LogP contribution in [0.5, 0.6) is 0 Å². The lowest BCUT2D eigenvalue weighted by molar-refractivity contribution is 0.0946. The smallest absolute Gasteiger partial charge is 0.270 e. The predicted octanol–water partition coefficient (Wildman–Crippen LogP) is 2.78. The molecule has 0 unspecified atom stereocenters.